The molecule has 1 aromatic carbocycles. The third kappa shape index (κ3) is 3.08. The molecule has 2 aromatic heterocycles. The van der Waals surface area contributed by atoms with E-state index in [0.717, 1.165) is 23.3 Å². The second-order valence-electron chi connectivity index (χ2n) is 5.68. The summed E-state index contributed by atoms with van der Waals surface area (Å²) in [7, 11) is 0. The SMILES string of the molecule is O=c1[nH]c(SCC2CC2(Cl)Cl)nc2scc(-c3ccc(F)cc3)c12. The van der Waals surface area contributed by atoms with Crippen LogP contribution in [0.4, 0.5) is 4.39 Å². The number of aromatic amines is 1. The van der Waals surface area contributed by atoms with Crippen LogP contribution in [0.2, 0.25) is 0 Å². The van der Waals surface area contributed by atoms with Gasteiger partial charge in [-0.1, -0.05) is 23.9 Å². The first kappa shape index (κ1) is 16.4. The first-order valence-corrected chi connectivity index (χ1v) is 9.84. The quantitative estimate of drug-likeness (QED) is 0.377. The van der Waals surface area contributed by atoms with E-state index >= 15 is 0 Å². The van der Waals surface area contributed by atoms with Gasteiger partial charge in [-0.15, -0.1) is 34.5 Å². The average molecular weight is 401 g/mol. The van der Waals surface area contributed by atoms with Crippen molar-refractivity contribution in [3.05, 3.63) is 45.8 Å². The van der Waals surface area contributed by atoms with Crippen LogP contribution in [0.15, 0.2) is 39.6 Å². The van der Waals surface area contributed by atoms with Crippen LogP contribution < -0.4 is 5.56 Å². The molecule has 1 N–H and O–H groups in total. The normalized spacial score (nSPS) is 18.9. The summed E-state index contributed by atoms with van der Waals surface area (Å²) in [6.45, 7) is 0. The number of hydrogen-bond acceptors (Lipinski definition) is 4. The van der Waals surface area contributed by atoms with Gasteiger partial charge in [0.1, 0.15) is 15.0 Å². The van der Waals surface area contributed by atoms with Crippen molar-refractivity contribution in [3.63, 3.8) is 0 Å². The number of rotatable bonds is 4. The molecule has 2 heterocycles. The molecule has 3 nitrogen and oxygen atoms in total. The summed E-state index contributed by atoms with van der Waals surface area (Å²) >= 11 is 14.9. The second-order valence-corrected chi connectivity index (χ2v) is 9.09. The van der Waals surface area contributed by atoms with Gasteiger partial charge >= 0.3 is 0 Å². The van der Waals surface area contributed by atoms with E-state index in [1.165, 1.54) is 35.2 Å². The van der Waals surface area contributed by atoms with Crippen LogP contribution in [0.5, 0.6) is 0 Å². The number of halogens is 3. The maximum absolute atomic E-state index is 13.1. The molecule has 0 radical (unpaired) electrons. The van der Waals surface area contributed by atoms with E-state index in [4.69, 9.17) is 23.2 Å². The van der Waals surface area contributed by atoms with E-state index in [-0.39, 0.29) is 17.3 Å². The van der Waals surface area contributed by atoms with E-state index in [1.807, 2.05) is 5.38 Å². The molecule has 1 aliphatic rings. The van der Waals surface area contributed by atoms with Crippen LogP contribution in [0.25, 0.3) is 21.3 Å². The summed E-state index contributed by atoms with van der Waals surface area (Å²) in [5.41, 5.74) is 1.37. The summed E-state index contributed by atoms with van der Waals surface area (Å²) < 4.78 is 12.5. The lowest BCUT2D eigenvalue weighted by Crippen LogP contribution is -2.09. The van der Waals surface area contributed by atoms with Gasteiger partial charge in [-0.2, -0.15) is 0 Å². The number of H-pyrrole nitrogens is 1. The molecule has 0 saturated heterocycles. The molecule has 0 aliphatic heterocycles. The van der Waals surface area contributed by atoms with Crippen LogP contribution in [-0.2, 0) is 0 Å². The molecule has 0 amide bonds. The lowest BCUT2D eigenvalue weighted by Gasteiger charge is -2.02. The zero-order chi connectivity index (χ0) is 16.9. The molecule has 0 bridgehead atoms. The maximum atomic E-state index is 13.1. The molecule has 24 heavy (non-hydrogen) atoms. The van der Waals surface area contributed by atoms with Gasteiger partial charge < -0.3 is 4.98 Å². The minimum Gasteiger partial charge on any atom is -0.301 e. The highest BCUT2D eigenvalue weighted by Gasteiger charge is 2.51. The average Bonchev–Trinajstić information content (AvgIpc) is 2.94. The predicted molar refractivity (Wildman–Crippen MR) is 98.9 cm³/mol. The van der Waals surface area contributed by atoms with Gasteiger partial charge in [-0.05, 0) is 24.1 Å². The van der Waals surface area contributed by atoms with Crippen molar-refractivity contribution in [2.45, 2.75) is 15.9 Å². The van der Waals surface area contributed by atoms with Crippen LogP contribution in [0.3, 0.4) is 0 Å². The Hall–Kier alpha value is -1.08. The number of fused-ring (bicyclic) bond motifs is 1. The van der Waals surface area contributed by atoms with Gasteiger partial charge in [0, 0.05) is 22.6 Å². The largest absolute Gasteiger partial charge is 0.301 e. The molecule has 4 rings (SSSR count). The fourth-order valence-corrected chi connectivity index (χ4v) is 5.27. The number of nitrogens with zero attached hydrogens (tertiary/aromatic N) is 1. The zero-order valence-corrected chi connectivity index (χ0v) is 15.3. The van der Waals surface area contributed by atoms with Crippen molar-refractivity contribution >= 4 is 56.5 Å². The first-order chi connectivity index (χ1) is 11.4. The van der Waals surface area contributed by atoms with Crippen molar-refractivity contribution in [3.8, 4) is 11.1 Å². The Morgan fingerprint density at radius 1 is 1.38 bits per heavy atom. The molecule has 8 heteroatoms. The number of aromatic nitrogens is 2. The van der Waals surface area contributed by atoms with Crippen molar-refractivity contribution in [2.75, 3.05) is 5.75 Å². The van der Waals surface area contributed by atoms with E-state index in [0.29, 0.717) is 15.4 Å². The van der Waals surface area contributed by atoms with E-state index in [2.05, 4.69) is 9.97 Å². The second kappa shape index (κ2) is 6.02. The van der Waals surface area contributed by atoms with Crippen molar-refractivity contribution in [1.29, 1.82) is 0 Å². The Kier molecular flexibility index (Phi) is 4.11. The van der Waals surface area contributed by atoms with Crippen molar-refractivity contribution in [2.24, 2.45) is 5.92 Å². The van der Waals surface area contributed by atoms with Gasteiger partial charge in [-0.25, -0.2) is 9.37 Å². The zero-order valence-electron chi connectivity index (χ0n) is 12.2. The molecule has 3 aromatic rings. The first-order valence-electron chi connectivity index (χ1n) is 7.22. The highest BCUT2D eigenvalue weighted by atomic mass is 35.5. The molecule has 1 atom stereocenters. The number of nitrogens with one attached hydrogen (secondary N) is 1. The van der Waals surface area contributed by atoms with Gasteiger partial charge in [0.25, 0.3) is 5.56 Å². The third-order valence-electron chi connectivity index (χ3n) is 3.95. The van der Waals surface area contributed by atoms with Crippen LogP contribution in [0, 0.1) is 11.7 Å². The molecule has 124 valence electrons. The minimum atomic E-state index is -0.629. The Bertz CT molecular complexity index is 968. The topological polar surface area (TPSA) is 45.8 Å². The molecular weight excluding hydrogens is 390 g/mol. The Labute approximate surface area is 155 Å². The van der Waals surface area contributed by atoms with Gasteiger partial charge in [-0.3, -0.25) is 4.79 Å². The van der Waals surface area contributed by atoms with Gasteiger partial charge in [0.05, 0.1) is 5.39 Å². The van der Waals surface area contributed by atoms with E-state index in [9.17, 15) is 9.18 Å². The predicted octanol–water partition coefficient (Wildman–Crippen LogP) is 5.08. The molecule has 0 spiro atoms. The fraction of sp³-hybridized carbons (Fsp3) is 0.250. The molecule has 1 fully saturated rings. The molecule has 1 unspecified atom stereocenters. The number of benzene rings is 1. The Morgan fingerprint density at radius 3 is 2.75 bits per heavy atom. The number of hydrogen-bond donors (Lipinski definition) is 1. The van der Waals surface area contributed by atoms with Crippen LogP contribution in [-0.4, -0.2) is 20.1 Å². The number of thioether (sulfide) groups is 1. The van der Waals surface area contributed by atoms with Gasteiger partial charge in [0.15, 0.2) is 5.16 Å². The summed E-state index contributed by atoms with van der Waals surface area (Å²) in [5.74, 6) is 0.640. The summed E-state index contributed by atoms with van der Waals surface area (Å²) in [6, 6.07) is 6.08. The molecule has 1 saturated carbocycles. The van der Waals surface area contributed by atoms with Crippen molar-refractivity contribution in [1.82, 2.24) is 9.97 Å². The molecular formula is C16H11Cl2FN2OS2. The van der Waals surface area contributed by atoms with Crippen molar-refractivity contribution < 1.29 is 4.39 Å². The summed E-state index contributed by atoms with van der Waals surface area (Å²) in [5, 5.41) is 2.97. The third-order valence-corrected chi connectivity index (χ3v) is 6.79. The van der Waals surface area contributed by atoms with Crippen LogP contribution >= 0.6 is 46.3 Å². The van der Waals surface area contributed by atoms with E-state index in [1.54, 1.807) is 12.1 Å². The minimum absolute atomic E-state index is 0.193. The standard InChI is InChI=1S/C16H11Cl2FN2OS2/c17-16(18)5-9(16)6-24-15-20-13(22)12-11(7-23-14(12)21-15)8-1-3-10(19)4-2-8/h1-4,7,9H,5-6H2,(H,20,21,22). The van der Waals surface area contributed by atoms with Crippen LogP contribution in [0.1, 0.15) is 6.42 Å². The fourth-order valence-electron chi connectivity index (χ4n) is 2.47. The monoisotopic (exact) mass is 400 g/mol. The molecule has 1 aliphatic carbocycles. The highest BCUT2D eigenvalue weighted by molar-refractivity contribution is 7.99. The Balaban J connectivity index is 1.65. The summed E-state index contributed by atoms with van der Waals surface area (Å²) in [6.07, 6.45) is 0.767. The van der Waals surface area contributed by atoms with Gasteiger partial charge in [0.2, 0.25) is 0 Å². The highest BCUT2D eigenvalue weighted by Crippen LogP contribution is 2.54. The lowest BCUT2D eigenvalue weighted by atomic mass is 10.1. The maximum Gasteiger partial charge on any atom is 0.260 e. The summed E-state index contributed by atoms with van der Waals surface area (Å²) in [4.78, 5) is 20.5. The number of thiophene rings is 1. The number of alkyl halides is 2. The Morgan fingerprint density at radius 2 is 2.08 bits per heavy atom. The lowest BCUT2D eigenvalue weighted by molar-refractivity contribution is 0.628. The smallest absolute Gasteiger partial charge is 0.260 e. The van der Waals surface area contributed by atoms with E-state index < -0.39 is 4.33 Å².